The maximum absolute atomic E-state index is 12.8. The van der Waals surface area contributed by atoms with Gasteiger partial charge in [-0.15, -0.1) is 10.2 Å². The molecule has 1 aromatic heterocycles. The highest BCUT2D eigenvalue weighted by molar-refractivity contribution is 7.99. The zero-order valence-corrected chi connectivity index (χ0v) is 18.1. The number of amides is 1. The number of anilines is 1. The first kappa shape index (κ1) is 20.2. The van der Waals surface area contributed by atoms with Crippen LogP contribution in [-0.2, 0) is 4.79 Å². The molecule has 1 amide bonds. The van der Waals surface area contributed by atoms with Crippen LogP contribution < -0.4 is 14.4 Å². The molecule has 0 N–H and O–H groups in total. The minimum atomic E-state index is -0.725. The lowest BCUT2D eigenvalue weighted by molar-refractivity contribution is -0.118. The number of carbonyl (C=O) groups excluding carboxylic acids is 1. The van der Waals surface area contributed by atoms with Gasteiger partial charge in [0.25, 0.3) is 0 Å². The van der Waals surface area contributed by atoms with E-state index in [0.717, 1.165) is 22.4 Å². The normalized spacial score (nSPS) is 14.9. The molecule has 0 bridgehead atoms. The molecule has 1 atom stereocenters. The van der Waals surface area contributed by atoms with Crippen LogP contribution in [-0.4, -0.2) is 34.0 Å². The second kappa shape index (κ2) is 8.31. The molecule has 2 heterocycles. The summed E-state index contributed by atoms with van der Waals surface area (Å²) in [6, 6.07) is 13.3. The van der Waals surface area contributed by atoms with E-state index >= 15 is 0 Å². The van der Waals surface area contributed by atoms with Gasteiger partial charge in [-0.05, 0) is 36.9 Å². The number of hydrogen-bond acceptors (Lipinski definition) is 7. The molecule has 1 aliphatic heterocycles. The molecule has 0 aliphatic carbocycles. The Hall–Kier alpha value is -3.13. The molecule has 30 heavy (non-hydrogen) atoms. The highest BCUT2D eigenvalue weighted by Crippen LogP contribution is 2.44. The first-order valence-electron chi connectivity index (χ1n) is 9.60. The third-order valence-corrected chi connectivity index (χ3v) is 5.47. The molecule has 1 unspecified atom stereocenters. The van der Waals surface area contributed by atoms with Gasteiger partial charge in [0.1, 0.15) is 5.75 Å². The molecule has 2 aromatic carbocycles. The van der Waals surface area contributed by atoms with Crippen molar-refractivity contribution in [2.24, 2.45) is 0 Å². The first-order valence-corrected chi connectivity index (χ1v) is 10.6. The van der Waals surface area contributed by atoms with E-state index in [1.54, 1.807) is 12.0 Å². The third kappa shape index (κ3) is 3.70. The van der Waals surface area contributed by atoms with Gasteiger partial charge in [0.05, 0.1) is 12.8 Å². The minimum Gasteiger partial charge on any atom is -0.497 e. The number of ether oxygens (including phenoxy) is 2. The van der Waals surface area contributed by atoms with Crippen LogP contribution in [0.4, 0.5) is 5.69 Å². The number of hydrogen-bond donors (Lipinski definition) is 0. The van der Waals surface area contributed by atoms with Gasteiger partial charge in [0.2, 0.25) is 23.2 Å². The topological polar surface area (TPSA) is 77.4 Å². The summed E-state index contributed by atoms with van der Waals surface area (Å²) in [6.07, 6.45) is -0.725. The summed E-state index contributed by atoms with van der Waals surface area (Å²) in [4.78, 5) is 19.0. The van der Waals surface area contributed by atoms with Gasteiger partial charge in [-0.25, -0.2) is 0 Å². The van der Waals surface area contributed by atoms with E-state index < -0.39 is 6.23 Å². The molecule has 0 spiro atoms. The Morgan fingerprint density at radius 1 is 1.23 bits per heavy atom. The van der Waals surface area contributed by atoms with Crippen molar-refractivity contribution < 1.29 is 14.3 Å². The number of carbonyl (C=O) groups is 1. The van der Waals surface area contributed by atoms with Gasteiger partial charge in [-0.3, -0.25) is 9.69 Å². The Kier molecular flexibility index (Phi) is 5.59. The summed E-state index contributed by atoms with van der Waals surface area (Å²) in [5.74, 6) is 1.69. The number of aromatic nitrogens is 3. The van der Waals surface area contributed by atoms with Gasteiger partial charge >= 0.3 is 0 Å². The average molecular weight is 423 g/mol. The second-order valence-corrected chi connectivity index (χ2v) is 8.07. The largest absolute Gasteiger partial charge is 0.497 e. The highest BCUT2D eigenvalue weighted by Gasteiger charge is 2.34. The fourth-order valence-corrected chi connectivity index (χ4v) is 3.92. The SMILES string of the molecule is CCSc1nnc2c(n1)OC(c1cccc(OC)c1)N(C(C)=O)c1ccc(C)cc1-2. The molecule has 0 saturated carbocycles. The van der Waals surface area contributed by atoms with Gasteiger partial charge < -0.3 is 9.47 Å². The number of nitrogens with zero attached hydrogens (tertiary/aromatic N) is 4. The van der Waals surface area contributed by atoms with Crippen molar-refractivity contribution in [3.63, 3.8) is 0 Å². The van der Waals surface area contributed by atoms with Crippen LogP contribution in [0.3, 0.4) is 0 Å². The van der Waals surface area contributed by atoms with E-state index in [2.05, 4.69) is 15.2 Å². The monoisotopic (exact) mass is 422 g/mol. The van der Waals surface area contributed by atoms with Gasteiger partial charge in [0.15, 0.2) is 5.69 Å². The van der Waals surface area contributed by atoms with Crippen LogP contribution in [0.5, 0.6) is 11.6 Å². The number of rotatable bonds is 4. The molecule has 7 nitrogen and oxygen atoms in total. The van der Waals surface area contributed by atoms with Gasteiger partial charge in [-0.2, -0.15) is 4.98 Å². The Labute approximate surface area is 179 Å². The molecule has 8 heteroatoms. The van der Waals surface area contributed by atoms with Crippen molar-refractivity contribution in [3.05, 3.63) is 53.6 Å². The zero-order valence-electron chi connectivity index (χ0n) is 17.2. The van der Waals surface area contributed by atoms with Crippen molar-refractivity contribution in [1.82, 2.24) is 15.2 Å². The number of thioether (sulfide) groups is 1. The maximum atomic E-state index is 12.8. The van der Waals surface area contributed by atoms with Crippen molar-refractivity contribution in [2.45, 2.75) is 32.2 Å². The number of benzene rings is 2. The Balaban J connectivity index is 1.96. The lowest BCUT2D eigenvalue weighted by atomic mass is 10.0. The quantitative estimate of drug-likeness (QED) is 0.576. The Bertz CT molecular complexity index is 1110. The molecular formula is C22H22N4O3S. The fourth-order valence-electron chi connectivity index (χ4n) is 3.42. The van der Waals surface area contributed by atoms with Crippen LogP contribution in [0.15, 0.2) is 47.6 Å². The van der Waals surface area contributed by atoms with E-state index in [1.807, 2.05) is 56.3 Å². The molecule has 0 fully saturated rings. The molecule has 0 saturated heterocycles. The summed E-state index contributed by atoms with van der Waals surface area (Å²) in [7, 11) is 1.61. The van der Waals surface area contributed by atoms with Crippen LogP contribution in [0.25, 0.3) is 11.3 Å². The van der Waals surface area contributed by atoms with Crippen molar-refractivity contribution in [3.8, 4) is 22.9 Å². The fraction of sp³-hybridized carbons (Fsp3) is 0.273. The molecule has 154 valence electrons. The number of fused-ring (bicyclic) bond motifs is 3. The van der Waals surface area contributed by atoms with E-state index in [9.17, 15) is 4.79 Å². The smallest absolute Gasteiger partial charge is 0.247 e. The zero-order chi connectivity index (χ0) is 21.3. The minimum absolute atomic E-state index is 0.156. The third-order valence-electron chi connectivity index (χ3n) is 4.75. The molecule has 1 aliphatic rings. The van der Waals surface area contributed by atoms with Crippen LogP contribution >= 0.6 is 11.8 Å². The first-order chi connectivity index (χ1) is 14.5. The number of aryl methyl sites for hydroxylation is 1. The van der Waals surface area contributed by atoms with Gasteiger partial charge in [0, 0.05) is 18.1 Å². The Morgan fingerprint density at radius 2 is 2.07 bits per heavy atom. The summed E-state index contributed by atoms with van der Waals surface area (Å²) in [6.45, 7) is 5.54. The van der Waals surface area contributed by atoms with Crippen molar-refractivity contribution >= 4 is 23.4 Å². The molecular weight excluding hydrogens is 400 g/mol. The summed E-state index contributed by atoms with van der Waals surface area (Å²) in [5.41, 5.74) is 3.79. The van der Waals surface area contributed by atoms with Crippen LogP contribution in [0.1, 0.15) is 31.2 Å². The molecule has 3 aromatic rings. The van der Waals surface area contributed by atoms with E-state index in [4.69, 9.17) is 9.47 Å². The summed E-state index contributed by atoms with van der Waals surface area (Å²) in [5, 5.41) is 9.19. The summed E-state index contributed by atoms with van der Waals surface area (Å²) >= 11 is 1.48. The van der Waals surface area contributed by atoms with Gasteiger partial charge in [-0.1, -0.05) is 42.4 Å². The Morgan fingerprint density at radius 3 is 2.80 bits per heavy atom. The van der Waals surface area contributed by atoms with Crippen molar-refractivity contribution in [1.29, 1.82) is 0 Å². The summed E-state index contributed by atoms with van der Waals surface area (Å²) < 4.78 is 11.7. The predicted molar refractivity (Wildman–Crippen MR) is 116 cm³/mol. The highest BCUT2D eigenvalue weighted by atomic mass is 32.2. The molecule has 4 rings (SSSR count). The van der Waals surface area contributed by atoms with E-state index in [1.165, 1.54) is 18.7 Å². The van der Waals surface area contributed by atoms with Crippen molar-refractivity contribution in [2.75, 3.05) is 17.8 Å². The maximum Gasteiger partial charge on any atom is 0.247 e. The van der Waals surface area contributed by atoms with E-state index in [0.29, 0.717) is 28.2 Å². The van der Waals surface area contributed by atoms with Crippen LogP contribution in [0, 0.1) is 6.92 Å². The standard InChI is InChI=1S/C22H22N4O3S/c1-5-30-22-23-20-19(24-25-22)17-11-13(2)9-10-18(17)26(14(3)27)21(29-20)15-7-6-8-16(12-15)28-4/h6-12,21H,5H2,1-4H3. The van der Waals surface area contributed by atoms with E-state index in [-0.39, 0.29) is 5.91 Å². The number of methoxy groups -OCH3 is 1. The second-order valence-electron chi connectivity index (χ2n) is 6.84. The van der Waals surface area contributed by atoms with Crippen LogP contribution in [0.2, 0.25) is 0 Å². The lowest BCUT2D eigenvalue weighted by Crippen LogP contribution is -2.36. The average Bonchev–Trinajstić information content (AvgIpc) is 2.88. The lowest BCUT2D eigenvalue weighted by Gasteiger charge is -2.30. The molecule has 0 radical (unpaired) electrons. The predicted octanol–water partition coefficient (Wildman–Crippen LogP) is 4.41.